The lowest BCUT2D eigenvalue weighted by Gasteiger charge is -2.26. The van der Waals surface area contributed by atoms with Gasteiger partial charge in [-0.15, -0.1) is 0 Å². The van der Waals surface area contributed by atoms with Crippen molar-refractivity contribution in [3.63, 3.8) is 0 Å². The number of carbonyl (C=O) groups is 4. The van der Waals surface area contributed by atoms with Crippen LogP contribution in [0.3, 0.4) is 0 Å². The largest absolute Gasteiger partial charge is 0.490 e. The lowest BCUT2D eigenvalue weighted by Crippen LogP contribution is -2.54. The highest BCUT2D eigenvalue weighted by atomic mass is 127. The number of ether oxygens (including phenoxy) is 2. The zero-order chi connectivity index (χ0) is 28.1. The molecule has 9 nitrogen and oxygen atoms in total. The first kappa shape index (κ1) is 28.1. The average Bonchev–Trinajstić information content (AvgIpc) is 2.88. The molecule has 200 valence electrons. The van der Waals surface area contributed by atoms with Gasteiger partial charge in [0, 0.05) is 10.7 Å². The minimum Gasteiger partial charge on any atom is -0.490 e. The molecule has 0 unspecified atom stereocenters. The van der Waals surface area contributed by atoms with E-state index >= 15 is 0 Å². The van der Waals surface area contributed by atoms with Crippen molar-refractivity contribution in [1.29, 1.82) is 0 Å². The Morgan fingerprint density at radius 1 is 1.08 bits per heavy atom. The Labute approximate surface area is 243 Å². The van der Waals surface area contributed by atoms with Gasteiger partial charge in [-0.05, 0) is 96.1 Å². The van der Waals surface area contributed by atoms with Crippen LogP contribution in [-0.2, 0) is 14.4 Å². The minimum absolute atomic E-state index is 0.242. The normalized spacial score (nSPS) is 14.3. The van der Waals surface area contributed by atoms with Crippen molar-refractivity contribution in [2.24, 2.45) is 0 Å². The maximum Gasteiger partial charge on any atom is 0.335 e. The van der Waals surface area contributed by atoms with Gasteiger partial charge in [-0.3, -0.25) is 19.7 Å². The predicted molar refractivity (Wildman–Crippen MR) is 156 cm³/mol. The third-order valence-corrected chi connectivity index (χ3v) is 6.65. The van der Waals surface area contributed by atoms with Crippen LogP contribution in [0.25, 0.3) is 6.08 Å². The maximum atomic E-state index is 13.2. The number of barbiturate groups is 1. The topological polar surface area (TPSA) is 114 Å². The first-order valence-electron chi connectivity index (χ1n) is 11.8. The van der Waals surface area contributed by atoms with Crippen LogP contribution in [0, 0.1) is 10.5 Å². The van der Waals surface area contributed by atoms with Gasteiger partial charge in [-0.2, -0.15) is 0 Å². The summed E-state index contributed by atoms with van der Waals surface area (Å²) in [6.07, 6.45) is 1.37. The van der Waals surface area contributed by atoms with Crippen LogP contribution in [0.1, 0.15) is 18.1 Å². The highest BCUT2D eigenvalue weighted by molar-refractivity contribution is 14.1. The number of nitrogens with one attached hydrogen (secondary N) is 2. The number of para-hydroxylation sites is 1. The van der Waals surface area contributed by atoms with Crippen molar-refractivity contribution in [3.05, 3.63) is 86.0 Å². The molecule has 0 aliphatic carbocycles. The van der Waals surface area contributed by atoms with Gasteiger partial charge in [0.05, 0.1) is 15.9 Å². The number of amides is 5. The molecule has 0 saturated carbocycles. The monoisotopic (exact) mass is 659 g/mol. The lowest BCUT2D eigenvalue weighted by molar-refractivity contribution is -0.122. The van der Waals surface area contributed by atoms with E-state index in [-0.39, 0.29) is 23.8 Å². The number of nitrogens with zero attached hydrogens (tertiary/aromatic N) is 1. The second-order valence-electron chi connectivity index (χ2n) is 8.35. The van der Waals surface area contributed by atoms with Gasteiger partial charge in [0.2, 0.25) is 0 Å². The van der Waals surface area contributed by atoms with E-state index < -0.39 is 17.8 Å². The fourth-order valence-electron chi connectivity index (χ4n) is 3.76. The zero-order valence-electron chi connectivity index (χ0n) is 20.9. The summed E-state index contributed by atoms with van der Waals surface area (Å²) in [4.78, 5) is 51.6. The summed E-state index contributed by atoms with van der Waals surface area (Å²) in [7, 11) is 0. The fourth-order valence-corrected chi connectivity index (χ4v) is 4.67. The van der Waals surface area contributed by atoms with Gasteiger partial charge in [0.15, 0.2) is 18.1 Å². The van der Waals surface area contributed by atoms with Gasteiger partial charge < -0.3 is 14.8 Å². The van der Waals surface area contributed by atoms with E-state index in [0.717, 1.165) is 10.5 Å². The Hall–Kier alpha value is -3.90. The number of imide groups is 2. The van der Waals surface area contributed by atoms with Crippen LogP contribution >= 0.6 is 34.2 Å². The van der Waals surface area contributed by atoms with Crippen molar-refractivity contribution < 1.29 is 28.7 Å². The molecule has 1 fully saturated rings. The molecule has 1 saturated heterocycles. The summed E-state index contributed by atoms with van der Waals surface area (Å²) in [6, 6.07) is 15.9. The quantitative estimate of drug-likeness (QED) is 0.192. The fraction of sp³-hybridized carbons (Fsp3) is 0.143. The molecule has 0 radical (unpaired) electrons. The zero-order valence-corrected chi connectivity index (χ0v) is 23.8. The Kier molecular flexibility index (Phi) is 8.87. The first-order valence-corrected chi connectivity index (χ1v) is 13.2. The summed E-state index contributed by atoms with van der Waals surface area (Å²) in [5.41, 5.74) is 2.09. The Morgan fingerprint density at radius 2 is 1.79 bits per heavy atom. The summed E-state index contributed by atoms with van der Waals surface area (Å²) in [5.74, 6) is -1.28. The molecule has 3 aromatic rings. The summed E-state index contributed by atoms with van der Waals surface area (Å²) < 4.78 is 12.1. The van der Waals surface area contributed by atoms with Crippen LogP contribution in [0.4, 0.5) is 16.2 Å². The van der Waals surface area contributed by atoms with Crippen molar-refractivity contribution in [2.45, 2.75) is 13.8 Å². The second-order valence-corrected chi connectivity index (χ2v) is 9.95. The molecule has 3 aromatic carbocycles. The third kappa shape index (κ3) is 6.58. The van der Waals surface area contributed by atoms with Crippen molar-refractivity contribution in [3.8, 4) is 11.5 Å². The third-order valence-electron chi connectivity index (χ3n) is 5.60. The summed E-state index contributed by atoms with van der Waals surface area (Å²) >= 11 is 7.94. The number of hydrogen-bond donors (Lipinski definition) is 2. The number of urea groups is 1. The van der Waals surface area contributed by atoms with Gasteiger partial charge in [0.25, 0.3) is 17.7 Å². The second kappa shape index (κ2) is 12.3. The van der Waals surface area contributed by atoms with Crippen molar-refractivity contribution in [1.82, 2.24) is 5.32 Å². The molecule has 1 aliphatic rings. The Balaban J connectivity index is 1.58. The van der Waals surface area contributed by atoms with E-state index in [0.29, 0.717) is 37.9 Å². The highest BCUT2D eigenvalue weighted by Gasteiger charge is 2.36. The number of aryl methyl sites for hydroxylation is 1. The van der Waals surface area contributed by atoms with Crippen molar-refractivity contribution in [2.75, 3.05) is 23.4 Å². The summed E-state index contributed by atoms with van der Waals surface area (Å²) in [6.45, 7) is 3.73. The van der Waals surface area contributed by atoms with E-state index in [4.69, 9.17) is 21.1 Å². The molecular formula is C28H23ClIN3O6. The van der Waals surface area contributed by atoms with Crippen LogP contribution in [0.15, 0.2) is 66.2 Å². The molecule has 1 aliphatic heterocycles. The molecule has 4 rings (SSSR count). The van der Waals surface area contributed by atoms with E-state index in [9.17, 15) is 19.2 Å². The number of anilines is 2. The molecule has 1 heterocycles. The van der Waals surface area contributed by atoms with E-state index in [1.165, 1.54) is 30.3 Å². The maximum absolute atomic E-state index is 13.2. The van der Waals surface area contributed by atoms with E-state index in [1.807, 2.05) is 47.7 Å². The predicted octanol–water partition coefficient (Wildman–Crippen LogP) is 5.34. The minimum atomic E-state index is -0.859. The molecule has 0 bridgehead atoms. The lowest BCUT2D eigenvalue weighted by atomic mass is 10.1. The SMILES string of the molecule is CCOc1cc(/C=C2/C(=O)NC(=O)N(c3ccc(Cl)cc3)C2=O)cc(I)c1OCC(=O)Nc1ccccc1C. The number of benzene rings is 3. The molecule has 39 heavy (non-hydrogen) atoms. The average molecular weight is 660 g/mol. The molecule has 11 heteroatoms. The number of hydrogen-bond acceptors (Lipinski definition) is 6. The van der Waals surface area contributed by atoms with Crippen LogP contribution < -0.4 is 25.0 Å². The van der Waals surface area contributed by atoms with E-state index in [2.05, 4.69) is 10.6 Å². The molecular weight excluding hydrogens is 637 g/mol. The molecule has 0 spiro atoms. The molecule has 2 N–H and O–H groups in total. The van der Waals surface area contributed by atoms with Gasteiger partial charge in [-0.1, -0.05) is 29.8 Å². The Bertz CT molecular complexity index is 1490. The summed E-state index contributed by atoms with van der Waals surface area (Å²) in [5, 5.41) is 5.44. The molecule has 5 amide bonds. The van der Waals surface area contributed by atoms with Gasteiger partial charge >= 0.3 is 6.03 Å². The van der Waals surface area contributed by atoms with Crippen LogP contribution in [0.5, 0.6) is 11.5 Å². The van der Waals surface area contributed by atoms with E-state index in [1.54, 1.807) is 25.1 Å². The van der Waals surface area contributed by atoms with Gasteiger partial charge in [0.1, 0.15) is 5.57 Å². The Morgan fingerprint density at radius 3 is 2.49 bits per heavy atom. The number of rotatable bonds is 8. The first-order chi connectivity index (χ1) is 18.7. The smallest absolute Gasteiger partial charge is 0.335 e. The highest BCUT2D eigenvalue weighted by Crippen LogP contribution is 2.35. The van der Waals surface area contributed by atoms with Crippen LogP contribution in [-0.4, -0.2) is 37.0 Å². The van der Waals surface area contributed by atoms with Crippen molar-refractivity contribution >= 4 is 75.4 Å². The molecule has 0 aromatic heterocycles. The number of carbonyl (C=O) groups excluding carboxylic acids is 4. The molecule has 0 atom stereocenters. The van der Waals surface area contributed by atoms with Crippen LogP contribution in [0.2, 0.25) is 5.02 Å². The standard InChI is InChI=1S/C28H23ClIN3O6/c1-3-38-23-14-17(13-21(30)25(23)39-15-24(34)31-22-7-5-4-6-16(22)2)12-20-26(35)32-28(37)33(27(20)36)19-10-8-18(29)9-11-19/h4-14H,3,15H2,1-2H3,(H,31,34)(H,32,35,37)/b20-12-. The number of halogens is 2. The van der Waals surface area contributed by atoms with Gasteiger partial charge in [-0.25, -0.2) is 9.69 Å².